The minimum Gasteiger partial charge on any atom is -0.373 e. The number of carbonyl (C=O) groups excluding carboxylic acids is 2. The SMILES string of the molecule is CCc1ccc(N2C(=O)C[C@@H](Nc3c(C)cccc3C)C2=O)cc1. The molecular formula is C20H22N2O2. The summed E-state index contributed by atoms with van der Waals surface area (Å²) < 4.78 is 0. The van der Waals surface area contributed by atoms with Crippen molar-refractivity contribution in [3.05, 3.63) is 59.2 Å². The number of amides is 2. The Morgan fingerprint density at radius 2 is 1.67 bits per heavy atom. The molecule has 1 N–H and O–H groups in total. The third kappa shape index (κ3) is 2.92. The van der Waals surface area contributed by atoms with Crippen LogP contribution in [0.4, 0.5) is 11.4 Å². The van der Waals surface area contributed by atoms with Crippen LogP contribution in [0, 0.1) is 13.8 Å². The van der Waals surface area contributed by atoms with Gasteiger partial charge in [-0.1, -0.05) is 37.3 Å². The fourth-order valence-corrected chi connectivity index (χ4v) is 3.11. The molecule has 2 aromatic carbocycles. The van der Waals surface area contributed by atoms with Crippen molar-refractivity contribution in [3.63, 3.8) is 0 Å². The molecule has 1 heterocycles. The molecule has 124 valence electrons. The van der Waals surface area contributed by atoms with E-state index in [1.807, 2.05) is 56.3 Å². The van der Waals surface area contributed by atoms with Crippen LogP contribution in [0.2, 0.25) is 0 Å². The zero-order valence-electron chi connectivity index (χ0n) is 14.3. The maximum atomic E-state index is 12.7. The van der Waals surface area contributed by atoms with Crippen molar-refractivity contribution in [2.75, 3.05) is 10.2 Å². The highest BCUT2D eigenvalue weighted by Crippen LogP contribution is 2.27. The Labute approximate surface area is 142 Å². The average molecular weight is 322 g/mol. The molecule has 2 amide bonds. The van der Waals surface area contributed by atoms with Gasteiger partial charge < -0.3 is 5.32 Å². The van der Waals surface area contributed by atoms with E-state index in [2.05, 4.69) is 12.2 Å². The van der Waals surface area contributed by atoms with Crippen LogP contribution in [0.25, 0.3) is 0 Å². The third-order valence-electron chi connectivity index (χ3n) is 4.55. The van der Waals surface area contributed by atoms with Gasteiger partial charge in [0, 0.05) is 5.69 Å². The molecule has 1 atom stereocenters. The van der Waals surface area contributed by atoms with Gasteiger partial charge in [-0.15, -0.1) is 0 Å². The minimum atomic E-state index is -0.511. The molecule has 1 aliphatic rings. The first kappa shape index (κ1) is 16.2. The van der Waals surface area contributed by atoms with Crippen molar-refractivity contribution in [3.8, 4) is 0 Å². The summed E-state index contributed by atoms with van der Waals surface area (Å²) in [5.41, 5.74) is 4.91. The zero-order valence-corrected chi connectivity index (χ0v) is 14.3. The highest BCUT2D eigenvalue weighted by atomic mass is 16.2. The average Bonchev–Trinajstić information content (AvgIpc) is 2.85. The number of carbonyl (C=O) groups is 2. The molecule has 24 heavy (non-hydrogen) atoms. The second-order valence-electron chi connectivity index (χ2n) is 6.26. The van der Waals surface area contributed by atoms with Crippen molar-refractivity contribution in [1.82, 2.24) is 0 Å². The molecule has 3 rings (SSSR count). The van der Waals surface area contributed by atoms with Crippen molar-refractivity contribution < 1.29 is 9.59 Å². The van der Waals surface area contributed by atoms with Crippen molar-refractivity contribution in [2.45, 2.75) is 39.7 Å². The summed E-state index contributed by atoms with van der Waals surface area (Å²) in [5, 5.41) is 3.27. The monoisotopic (exact) mass is 322 g/mol. The van der Waals surface area contributed by atoms with E-state index >= 15 is 0 Å². The van der Waals surface area contributed by atoms with Crippen LogP contribution in [-0.4, -0.2) is 17.9 Å². The standard InChI is InChI=1S/C20H22N2O2/c1-4-15-8-10-16(11-9-15)22-18(23)12-17(20(22)24)21-19-13(2)6-5-7-14(19)3/h5-11,17,21H,4,12H2,1-3H3/t17-/m1/s1. The Hall–Kier alpha value is -2.62. The van der Waals surface area contributed by atoms with E-state index in [9.17, 15) is 9.59 Å². The number of benzene rings is 2. The molecule has 0 radical (unpaired) electrons. The van der Waals surface area contributed by atoms with Gasteiger partial charge in [-0.25, -0.2) is 4.90 Å². The molecule has 0 saturated carbocycles. The summed E-state index contributed by atoms with van der Waals surface area (Å²) in [4.78, 5) is 26.4. The van der Waals surface area contributed by atoms with Crippen LogP contribution < -0.4 is 10.2 Å². The smallest absolute Gasteiger partial charge is 0.256 e. The second kappa shape index (κ2) is 6.48. The molecule has 1 fully saturated rings. The van der Waals surface area contributed by atoms with Gasteiger partial charge in [-0.2, -0.15) is 0 Å². The molecular weight excluding hydrogens is 300 g/mol. The van der Waals surface area contributed by atoms with Crippen molar-refractivity contribution in [2.24, 2.45) is 0 Å². The lowest BCUT2D eigenvalue weighted by Gasteiger charge is -2.18. The van der Waals surface area contributed by atoms with E-state index in [4.69, 9.17) is 0 Å². The van der Waals surface area contributed by atoms with E-state index in [1.54, 1.807) is 0 Å². The van der Waals surface area contributed by atoms with E-state index in [0.717, 1.165) is 23.2 Å². The molecule has 0 spiro atoms. The molecule has 1 saturated heterocycles. The number of nitrogens with one attached hydrogen (secondary N) is 1. The molecule has 0 aromatic heterocycles. The summed E-state index contributed by atoms with van der Waals surface area (Å²) in [6.45, 7) is 6.07. The lowest BCUT2D eigenvalue weighted by Crippen LogP contribution is -2.35. The number of para-hydroxylation sites is 1. The number of anilines is 2. The van der Waals surface area contributed by atoms with Gasteiger partial charge in [-0.3, -0.25) is 9.59 Å². The van der Waals surface area contributed by atoms with E-state index in [-0.39, 0.29) is 18.2 Å². The van der Waals surface area contributed by atoms with Crippen molar-refractivity contribution in [1.29, 1.82) is 0 Å². The zero-order chi connectivity index (χ0) is 17.3. The first-order chi connectivity index (χ1) is 11.5. The minimum absolute atomic E-state index is 0.159. The molecule has 0 bridgehead atoms. The quantitative estimate of drug-likeness (QED) is 0.875. The maximum Gasteiger partial charge on any atom is 0.256 e. The molecule has 0 aliphatic carbocycles. The summed E-state index contributed by atoms with van der Waals surface area (Å²) in [7, 11) is 0. The number of hydrogen-bond donors (Lipinski definition) is 1. The summed E-state index contributed by atoms with van der Waals surface area (Å²) in [5.74, 6) is -0.347. The van der Waals surface area contributed by atoms with Gasteiger partial charge in [0.2, 0.25) is 5.91 Å². The van der Waals surface area contributed by atoms with Crippen LogP contribution in [0.5, 0.6) is 0 Å². The number of hydrogen-bond acceptors (Lipinski definition) is 3. The summed E-state index contributed by atoms with van der Waals surface area (Å²) >= 11 is 0. The van der Waals surface area contributed by atoms with Crippen LogP contribution in [0.1, 0.15) is 30.0 Å². The summed E-state index contributed by atoms with van der Waals surface area (Å²) in [6, 6.07) is 13.1. The predicted molar refractivity (Wildman–Crippen MR) is 96.3 cm³/mol. The largest absolute Gasteiger partial charge is 0.373 e. The Kier molecular flexibility index (Phi) is 4.38. The number of nitrogens with zero attached hydrogens (tertiary/aromatic N) is 1. The second-order valence-corrected chi connectivity index (χ2v) is 6.26. The predicted octanol–water partition coefficient (Wildman–Crippen LogP) is 3.61. The lowest BCUT2D eigenvalue weighted by atomic mass is 10.1. The fourth-order valence-electron chi connectivity index (χ4n) is 3.11. The van der Waals surface area contributed by atoms with Crippen molar-refractivity contribution >= 4 is 23.2 Å². The lowest BCUT2D eigenvalue weighted by molar-refractivity contribution is -0.121. The normalized spacial score (nSPS) is 17.5. The van der Waals surface area contributed by atoms with Gasteiger partial charge in [0.05, 0.1) is 12.1 Å². The van der Waals surface area contributed by atoms with Gasteiger partial charge in [0.1, 0.15) is 6.04 Å². The van der Waals surface area contributed by atoms with Gasteiger partial charge >= 0.3 is 0 Å². The Balaban J connectivity index is 1.83. The Morgan fingerprint density at radius 1 is 1.04 bits per heavy atom. The maximum absolute atomic E-state index is 12.7. The number of aryl methyl sites for hydroxylation is 3. The molecule has 2 aromatic rings. The van der Waals surface area contributed by atoms with Crippen LogP contribution in [-0.2, 0) is 16.0 Å². The molecule has 0 unspecified atom stereocenters. The number of rotatable bonds is 4. The van der Waals surface area contributed by atoms with E-state index in [0.29, 0.717) is 5.69 Å². The highest BCUT2D eigenvalue weighted by molar-refractivity contribution is 6.23. The number of imide groups is 1. The topological polar surface area (TPSA) is 49.4 Å². The summed E-state index contributed by atoms with van der Waals surface area (Å²) in [6.07, 6.45) is 1.11. The Morgan fingerprint density at radius 3 is 2.25 bits per heavy atom. The van der Waals surface area contributed by atoms with Crippen LogP contribution in [0.3, 0.4) is 0 Å². The fraction of sp³-hybridized carbons (Fsp3) is 0.300. The first-order valence-corrected chi connectivity index (χ1v) is 8.29. The van der Waals surface area contributed by atoms with E-state index < -0.39 is 6.04 Å². The molecule has 1 aliphatic heterocycles. The van der Waals surface area contributed by atoms with Gasteiger partial charge in [-0.05, 0) is 49.1 Å². The Bertz CT molecular complexity index is 760. The van der Waals surface area contributed by atoms with Crippen LogP contribution in [0.15, 0.2) is 42.5 Å². The first-order valence-electron chi connectivity index (χ1n) is 8.29. The third-order valence-corrected chi connectivity index (χ3v) is 4.55. The van der Waals surface area contributed by atoms with Crippen LogP contribution >= 0.6 is 0 Å². The van der Waals surface area contributed by atoms with E-state index in [1.165, 1.54) is 10.5 Å². The van der Waals surface area contributed by atoms with Gasteiger partial charge in [0.15, 0.2) is 0 Å². The highest BCUT2D eigenvalue weighted by Gasteiger charge is 2.39. The van der Waals surface area contributed by atoms with Gasteiger partial charge in [0.25, 0.3) is 5.91 Å². The molecule has 4 heteroatoms. The molecule has 4 nitrogen and oxygen atoms in total.